The Bertz CT molecular complexity index is 1490. The molecular formula is C25H24F2N8O4. The first-order valence-electron chi connectivity index (χ1n) is 12.2. The fraction of sp³-hybridized carbons (Fsp3) is 0.360. The van der Waals surface area contributed by atoms with Crippen LogP contribution in [0, 0.1) is 17.2 Å². The SMILES string of the molecule is N#Cc1cnn2c(-c3cc(N[C@H]4C[C@H](CNC(=O)O)C4)c(C(=O)NCC(=O)N4CC(F)(F)C4)cn3)ccc2c1. The Balaban J connectivity index is 1.35. The number of carboxylic acid groups (broad SMARTS) is 1. The Kier molecular flexibility index (Phi) is 6.73. The number of fused-ring (bicyclic) bond motifs is 1. The van der Waals surface area contributed by atoms with E-state index in [4.69, 9.17) is 10.4 Å². The molecule has 3 aromatic rings. The maximum absolute atomic E-state index is 13.1. The summed E-state index contributed by atoms with van der Waals surface area (Å²) in [4.78, 5) is 41.3. The van der Waals surface area contributed by atoms with Gasteiger partial charge in [-0.05, 0) is 43.0 Å². The number of pyridine rings is 1. The van der Waals surface area contributed by atoms with Gasteiger partial charge in [0.25, 0.3) is 11.8 Å². The minimum Gasteiger partial charge on any atom is -0.465 e. The molecule has 0 spiro atoms. The van der Waals surface area contributed by atoms with Gasteiger partial charge in [0, 0.05) is 18.8 Å². The minimum absolute atomic E-state index is 0.0299. The molecule has 0 bridgehead atoms. The number of amides is 3. The quantitative estimate of drug-likeness (QED) is 0.338. The maximum atomic E-state index is 13.1. The zero-order valence-corrected chi connectivity index (χ0v) is 20.5. The molecule has 14 heteroatoms. The topological polar surface area (TPSA) is 165 Å². The summed E-state index contributed by atoms with van der Waals surface area (Å²) in [6.07, 6.45) is 3.05. The summed E-state index contributed by atoms with van der Waals surface area (Å²) in [5.74, 6) is -3.95. The predicted molar refractivity (Wildman–Crippen MR) is 133 cm³/mol. The number of hydrogen-bond acceptors (Lipinski definition) is 7. The number of rotatable bonds is 8. The maximum Gasteiger partial charge on any atom is 0.404 e. The van der Waals surface area contributed by atoms with Gasteiger partial charge in [0.05, 0.1) is 59.5 Å². The van der Waals surface area contributed by atoms with Crippen LogP contribution in [0.2, 0.25) is 0 Å². The minimum atomic E-state index is -2.90. The highest BCUT2D eigenvalue weighted by molar-refractivity contribution is 6.01. The van der Waals surface area contributed by atoms with E-state index in [-0.39, 0.29) is 17.5 Å². The zero-order valence-electron chi connectivity index (χ0n) is 20.5. The first kappa shape index (κ1) is 25.8. The standard InChI is InChI=1S/C25H24F2N8O4/c26-25(27)12-34(13-25)22(36)11-30-23(37)18-10-29-20(21-2-1-17-5-15(7-28)9-32-35(17)21)6-19(18)33-16-3-14(4-16)8-31-24(38)39/h1-2,5-6,9-10,14,16,31H,3-4,8,11-13H2,(H,29,33)(H,30,37)(H,38,39)/t14-,16-. The van der Waals surface area contributed by atoms with Gasteiger partial charge in [-0.2, -0.15) is 10.4 Å². The average Bonchev–Trinajstić information content (AvgIpc) is 3.29. The summed E-state index contributed by atoms with van der Waals surface area (Å²) in [7, 11) is 0. The molecule has 3 aromatic heterocycles. The number of nitriles is 1. The molecule has 202 valence electrons. The monoisotopic (exact) mass is 538 g/mol. The van der Waals surface area contributed by atoms with Crippen molar-refractivity contribution >= 4 is 29.1 Å². The van der Waals surface area contributed by atoms with E-state index in [0.717, 1.165) is 4.90 Å². The van der Waals surface area contributed by atoms with E-state index in [1.165, 1.54) is 12.4 Å². The van der Waals surface area contributed by atoms with Crippen LogP contribution in [0.1, 0.15) is 28.8 Å². The van der Waals surface area contributed by atoms with Crippen LogP contribution < -0.4 is 16.0 Å². The lowest BCUT2D eigenvalue weighted by Gasteiger charge is -2.38. The number of alkyl halides is 2. The van der Waals surface area contributed by atoms with Crippen molar-refractivity contribution in [2.24, 2.45) is 5.92 Å². The van der Waals surface area contributed by atoms with Crippen molar-refractivity contribution in [3.05, 3.63) is 47.8 Å². The third kappa shape index (κ3) is 5.57. The first-order chi connectivity index (χ1) is 18.6. The van der Waals surface area contributed by atoms with Crippen LogP contribution in [0.15, 0.2) is 36.7 Å². The molecule has 1 saturated carbocycles. The molecule has 0 atom stereocenters. The number of carbonyl (C=O) groups is 3. The van der Waals surface area contributed by atoms with Crippen LogP contribution in [-0.4, -0.2) is 80.7 Å². The van der Waals surface area contributed by atoms with Gasteiger partial charge < -0.3 is 26.0 Å². The fourth-order valence-electron chi connectivity index (χ4n) is 4.67. The summed E-state index contributed by atoms with van der Waals surface area (Å²) < 4.78 is 27.8. The summed E-state index contributed by atoms with van der Waals surface area (Å²) in [6, 6.07) is 8.94. The van der Waals surface area contributed by atoms with E-state index in [2.05, 4.69) is 26.0 Å². The lowest BCUT2D eigenvalue weighted by atomic mass is 9.80. The van der Waals surface area contributed by atoms with Crippen molar-refractivity contribution in [2.45, 2.75) is 24.8 Å². The predicted octanol–water partition coefficient (Wildman–Crippen LogP) is 1.93. The Morgan fingerprint density at radius 3 is 2.62 bits per heavy atom. The second kappa shape index (κ2) is 10.2. The van der Waals surface area contributed by atoms with Gasteiger partial charge in [-0.25, -0.2) is 18.1 Å². The van der Waals surface area contributed by atoms with Gasteiger partial charge in [-0.3, -0.25) is 14.6 Å². The number of likely N-dealkylation sites (tertiary alicyclic amines) is 1. The second-order valence-electron chi connectivity index (χ2n) is 9.68. The van der Waals surface area contributed by atoms with Crippen LogP contribution in [0.5, 0.6) is 0 Å². The van der Waals surface area contributed by atoms with E-state index in [0.29, 0.717) is 47.5 Å². The summed E-state index contributed by atoms with van der Waals surface area (Å²) in [5, 5.41) is 30.4. The largest absolute Gasteiger partial charge is 0.465 e. The van der Waals surface area contributed by atoms with Crippen LogP contribution in [-0.2, 0) is 4.79 Å². The number of anilines is 1. The Labute approximate surface area is 220 Å². The highest BCUT2D eigenvalue weighted by Gasteiger charge is 2.46. The summed E-state index contributed by atoms with van der Waals surface area (Å²) in [6.45, 7) is -1.44. The third-order valence-corrected chi connectivity index (χ3v) is 6.78. The molecule has 2 fully saturated rings. The van der Waals surface area contributed by atoms with Crippen LogP contribution in [0.25, 0.3) is 16.9 Å². The van der Waals surface area contributed by atoms with Crippen molar-refractivity contribution in [2.75, 3.05) is 31.5 Å². The smallest absolute Gasteiger partial charge is 0.404 e. The van der Waals surface area contributed by atoms with E-state index in [1.54, 1.807) is 28.8 Å². The van der Waals surface area contributed by atoms with Gasteiger partial charge in [0.2, 0.25) is 5.91 Å². The van der Waals surface area contributed by atoms with Crippen molar-refractivity contribution < 1.29 is 28.3 Å². The van der Waals surface area contributed by atoms with Crippen molar-refractivity contribution in [3.8, 4) is 17.5 Å². The summed E-state index contributed by atoms with van der Waals surface area (Å²) in [5.41, 5.74) is 2.81. The van der Waals surface area contributed by atoms with E-state index in [1.807, 2.05) is 6.07 Å². The van der Waals surface area contributed by atoms with E-state index in [9.17, 15) is 23.2 Å². The molecule has 0 unspecified atom stereocenters. The number of nitrogens with one attached hydrogen (secondary N) is 3. The Hall–Kier alpha value is -4.80. The molecular weight excluding hydrogens is 514 g/mol. The average molecular weight is 539 g/mol. The lowest BCUT2D eigenvalue weighted by molar-refractivity contribution is -0.164. The molecule has 5 rings (SSSR count). The second-order valence-corrected chi connectivity index (χ2v) is 9.68. The van der Waals surface area contributed by atoms with Crippen molar-refractivity contribution in [3.63, 3.8) is 0 Å². The van der Waals surface area contributed by atoms with Gasteiger partial charge in [0.15, 0.2) is 0 Å². The summed E-state index contributed by atoms with van der Waals surface area (Å²) >= 11 is 0. The lowest BCUT2D eigenvalue weighted by Crippen LogP contribution is -2.60. The van der Waals surface area contributed by atoms with Gasteiger partial charge in [0.1, 0.15) is 6.07 Å². The Morgan fingerprint density at radius 1 is 1.15 bits per heavy atom. The molecule has 2 aliphatic rings. The van der Waals surface area contributed by atoms with Crippen molar-refractivity contribution in [1.82, 2.24) is 30.1 Å². The Morgan fingerprint density at radius 2 is 1.92 bits per heavy atom. The molecule has 1 saturated heterocycles. The van der Waals surface area contributed by atoms with Gasteiger partial charge >= 0.3 is 6.09 Å². The molecule has 4 heterocycles. The molecule has 0 radical (unpaired) electrons. The molecule has 4 N–H and O–H groups in total. The number of aromatic nitrogens is 3. The molecule has 0 aromatic carbocycles. The van der Waals surface area contributed by atoms with Crippen LogP contribution in [0.4, 0.5) is 19.3 Å². The van der Waals surface area contributed by atoms with Gasteiger partial charge in [-0.15, -0.1) is 0 Å². The fourth-order valence-corrected chi connectivity index (χ4v) is 4.67. The van der Waals surface area contributed by atoms with Crippen molar-refractivity contribution in [1.29, 1.82) is 5.26 Å². The number of carbonyl (C=O) groups excluding carboxylic acids is 2. The highest BCUT2D eigenvalue weighted by atomic mass is 19.3. The van der Waals surface area contributed by atoms with E-state index >= 15 is 0 Å². The van der Waals surface area contributed by atoms with Crippen LogP contribution >= 0.6 is 0 Å². The number of halogens is 2. The van der Waals surface area contributed by atoms with E-state index < -0.39 is 43.5 Å². The molecule has 39 heavy (non-hydrogen) atoms. The molecule has 1 aliphatic heterocycles. The highest BCUT2D eigenvalue weighted by Crippen LogP contribution is 2.32. The molecule has 3 amide bonds. The molecule has 12 nitrogen and oxygen atoms in total. The number of nitrogens with zero attached hydrogens (tertiary/aromatic N) is 5. The number of hydrogen-bond donors (Lipinski definition) is 4. The zero-order chi connectivity index (χ0) is 27.7. The van der Waals surface area contributed by atoms with Gasteiger partial charge in [-0.1, -0.05) is 0 Å². The normalized spacial score (nSPS) is 19.4. The van der Waals surface area contributed by atoms with Crippen LogP contribution in [0.3, 0.4) is 0 Å². The molecule has 1 aliphatic carbocycles. The third-order valence-electron chi connectivity index (χ3n) is 6.78. The first-order valence-corrected chi connectivity index (χ1v) is 12.2.